The summed E-state index contributed by atoms with van der Waals surface area (Å²) >= 11 is 6.38. The summed E-state index contributed by atoms with van der Waals surface area (Å²) in [4.78, 5) is 11.5. The molecule has 3 aromatic rings. The number of benzene rings is 1. The van der Waals surface area contributed by atoms with Crippen molar-refractivity contribution in [2.45, 2.75) is 25.4 Å². The number of pyridine rings is 1. The molecule has 0 spiro atoms. The fourth-order valence-electron chi connectivity index (χ4n) is 3.44. The highest BCUT2D eigenvalue weighted by atomic mass is 35.5. The third kappa shape index (κ3) is 3.12. The van der Waals surface area contributed by atoms with Gasteiger partial charge in [-0.3, -0.25) is 4.98 Å². The van der Waals surface area contributed by atoms with E-state index in [9.17, 15) is 0 Å². The van der Waals surface area contributed by atoms with Gasteiger partial charge >= 0.3 is 0 Å². The van der Waals surface area contributed by atoms with E-state index in [1.165, 1.54) is 0 Å². The lowest BCUT2D eigenvalue weighted by Crippen LogP contribution is -2.44. The second-order valence-electron chi connectivity index (χ2n) is 6.60. The van der Waals surface area contributed by atoms with Crippen LogP contribution in [0.25, 0.3) is 11.0 Å². The van der Waals surface area contributed by atoms with Gasteiger partial charge < -0.3 is 15.2 Å². The standard InChI is InChI=1S/C19H19ClN6/c20-16-4-1-5-17-18(16)24-19(25-8-2-3-14(22)11-25)26(17)12-15-7-6-13(9-21)10-23-15/h1,4-7,10,14H,2-3,8,11-12,22H2/t14-/m0/s1. The van der Waals surface area contributed by atoms with E-state index in [-0.39, 0.29) is 6.04 Å². The molecule has 1 fully saturated rings. The number of hydrogen-bond acceptors (Lipinski definition) is 5. The Hall–Kier alpha value is -2.62. The van der Waals surface area contributed by atoms with Crippen molar-refractivity contribution in [2.75, 3.05) is 18.0 Å². The van der Waals surface area contributed by atoms with Crippen molar-refractivity contribution >= 4 is 28.6 Å². The fraction of sp³-hybridized carbons (Fsp3) is 0.316. The molecule has 7 heteroatoms. The van der Waals surface area contributed by atoms with E-state index >= 15 is 0 Å². The maximum atomic E-state index is 8.96. The lowest BCUT2D eigenvalue weighted by molar-refractivity contribution is 0.495. The molecule has 0 amide bonds. The Kier molecular flexibility index (Phi) is 4.49. The molecule has 1 atom stereocenters. The first-order chi connectivity index (χ1) is 12.7. The summed E-state index contributed by atoms with van der Waals surface area (Å²) in [6, 6.07) is 11.7. The number of para-hydroxylation sites is 1. The number of nitrogens with two attached hydrogens (primary N) is 1. The minimum absolute atomic E-state index is 0.153. The lowest BCUT2D eigenvalue weighted by Gasteiger charge is -2.32. The highest BCUT2D eigenvalue weighted by Crippen LogP contribution is 2.30. The Bertz CT molecular complexity index is 972. The third-order valence-corrected chi connectivity index (χ3v) is 5.03. The summed E-state index contributed by atoms with van der Waals surface area (Å²) < 4.78 is 2.13. The number of nitriles is 1. The summed E-state index contributed by atoms with van der Waals surface area (Å²) in [6.45, 7) is 2.26. The van der Waals surface area contributed by atoms with Crippen LogP contribution in [0, 0.1) is 11.3 Å². The van der Waals surface area contributed by atoms with Gasteiger partial charge in [0.1, 0.15) is 11.6 Å². The van der Waals surface area contributed by atoms with E-state index in [0.717, 1.165) is 48.6 Å². The molecule has 2 aromatic heterocycles. The Morgan fingerprint density at radius 3 is 2.92 bits per heavy atom. The molecule has 0 saturated carbocycles. The molecular weight excluding hydrogens is 348 g/mol. The first-order valence-corrected chi connectivity index (χ1v) is 9.04. The van der Waals surface area contributed by atoms with Crippen molar-refractivity contribution in [1.82, 2.24) is 14.5 Å². The van der Waals surface area contributed by atoms with Crippen molar-refractivity contribution in [2.24, 2.45) is 5.73 Å². The van der Waals surface area contributed by atoms with Gasteiger partial charge in [0, 0.05) is 25.3 Å². The Balaban J connectivity index is 1.78. The molecule has 0 radical (unpaired) electrons. The van der Waals surface area contributed by atoms with Gasteiger partial charge in [0.15, 0.2) is 0 Å². The molecule has 0 aliphatic carbocycles. The van der Waals surface area contributed by atoms with Crippen LogP contribution >= 0.6 is 11.6 Å². The van der Waals surface area contributed by atoms with Crippen LogP contribution in [-0.2, 0) is 6.54 Å². The van der Waals surface area contributed by atoms with Crippen LogP contribution in [0.3, 0.4) is 0 Å². The molecule has 26 heavy (non-hydrogen) atoms. The summed E-state index contributed by atoms with van der Waals surface area (Å²) in [5.74, 6) is 0.870. The number of aromatic nitrogens is 3. The molecule has 1 aliphatic rings. The van der Waals surface area contributed by atoms with Crippen molar-refractivity contribution in [3.63, 3.8) is 0 Å². The Morgan fingerprint density at radius 1 is 1.31 bits per heavy atom. The molecule has 0 unspecified atom stereocenters. The quantitative estimate of drug-likeness (QED) is 0.770. The van der Waals surface area contributed by atoms with Crippen LogP contribution in [0.5, 0.6) is 0 Å². The van der Waals surface area contributed by atoms with Crippen molar-refractivity contribution in [3.05, 3.63) is 52.8 Å². The molecule has 1 aliphatic heterocycles. The molecule has 1 saturated heterocycles. The zero-order valence-corrected chi connectivity index (χ0v) is 15.0. The highest BCUT2D eigenvalue weighted by Gasteiger charge is 2.23. The molecule has 0 bridgehead atoms. The van der Waals surface area contributed by atoms with Gasteiger partial charge in [-0.2, -0.15) is 5.26 Å². The second-order valence-corrected chi connectivity index (χ2v) is 7.01. The monoisotopic (exact) mass is 366 g/mol. The fourth-order valence-corrected chi connectivity index (χ4v) is 3.65. The first-order valence-electron chi connectivity index (χ1n) is 8.66. The normalized spacial score (nSPS) is 17.4. The first kappa shape index (κ1) is 16.8. The van der Waals surface area contributed by atoms with Crippen molar-refractivity contribution in [1.29, 1.82) is 5.26 Å². The van der Waals surface area contributed by atoms with Gasteiger partial charge in [-0.05, 0) is 37.1 Å². The molecule has 132 valence electrons. The molecule has 1 aromatic carbocycles. The largest absolute Gasteiger partial charge is 0.341 e. The topological polar surface area (TPSA) is 83.8 Å². The number of fused-ring (bicyclic) bond motifs is 1. The third-order valence-electron chi connectivity index (χ3n) is 4.72. The number of hydrogen-bond donors (Lipinski definition) is 1. The summed E-state index contributed by atoms with van der Waals surface area (Å²) in [6.07, 6.45) is 3.68. The van der Waals surface area contributed by atoms with Gasteiger partial charge in [-0.15, -0.1) is 0 Å². The smallest absolute Gasteiger partial charge is 0.207 e. The Morgan fingerprint density at radius 2 is 2.19 bits per heavy atom. The predicted octanol–water partition coefficient (Wildman–Crippen LogP) is 2.93. The highest BCUT2D eigenvalue weighted by molar-refractivity contribution is 6.35. The Labute approximate surface area is 156 Å². The van der Waals surface area contributed by atoms with E-state index in [4.69, 9.17) is 27.6 Å². The number of imidazole rings is 1. The zero-order chi connectivity index (χ0) is 18.1. The minimum atomic E-state index is 0.153. The van der Waals surface area contributed by atoms with Crippen LogP contribution in [0.2, 0.25) is 5.02 Å². The molecule has 2 N–H and O–H groups in total. The number of halogens is 1. The summed E-state index contributed by atoms with van der Waals surface area (Å²) in [5.41, 5.74) is 9.35. The molecular formula is C19H19ClN6. The van der Waals surface area contributed by atoms with E-state index in [1.807, 2.05) is 24.3 Å². The maximum absolute atomic E-state index is 8.96. The van der Waals surface area contributed by atoms with Gasteiger partial charge in [-0.1, -0.05) is 17.7 Å². The van der Waals surface area contributed by atoms with E-state index < -0.39 is 0 Å². The number of rotatable bonds is 3. The summed E-state index contributed by atoms with van der Waals surface area (Å²) in [7, 11) is 0. The average Bonchev–Trinajstić information content (AvgIpc) is 3.02. The molecule has 4 rings (SSSR count). The van der Waals surface area contributed by atoms with Gasteiger partial charge in [-0.25, -0.2) is 4.98 Å². The van der Waals surface area contributed by atoms with Crippen molar-refractivity contribution in [3.8, 4) is 6.07 Å². The molecule has 3 heterocycles. The average molecular weight is 367 g/mol. The predicted molar refractivity (Wildman–Crippen MR) is 102 cm³/mol. The van der Waals surface area contributed by atoms with E-state index in [0.29, 0.717) is 17.1 Å². The van der Waals surface area contributed by atoms with Gasteiger partial charge in [0.25, 0.3) is 0 Å². The lowest BCUT2D eigenvalue weighted by atomic mass is 10.1. The maximum Gasteiger partial charge on any atom is 0.207 e. The van der Waals surface area contributed by atoms with Crippen molar-refractivity contribution < 1.29 is 0 Å². The number of piperidine rings is 1. The summed E-state index contributed by atoms with van der Waals surface area (Å²) in [5, 5.41) is 9.59. The number of nitrogens with zero attached hydrogens (tertiary/aromatic N) is 5. The SMILES string of the molecule is N#Cc1ccc(Cn2c(N3CCC[C@H](N)C3)nc3c(Cl)cccc32)nc1. The zero-order valence-electron chi connectivity index (χ0n) is 14.3. The van der Waals surface area contributed by atoms with E-state index in [2.05, 4.69) is 20.5 Å². The van der Waals surface area contributed by atoms with Crippen LogP contribution in [0.15, 0.2) is 36.5 Å². The van der Waals surface area contributed by atoms with Crippen LogP contribution in [0.4, 0.5) is 5.95 Å². The van der Waals surface area contributed by atoms with Crippen LogP contribution in [-0.4, -0.2) is 33.7 Å². The second kappa shape index (κ2) is 6.94. The van der Waals surface area contributed by atoms with Gasteiger partial charge in [0.2, 0.25) is 5.95 Å². The van der Waals surface area contributed by atoms with Crippen LogP contribution in [0.1, 0.15) is 24.1 Å². The molecule has 6 nitrogen and oxygen atoms in total. The van der Waals surface area contributed by atoms with Crippen LogP contribution < -0.4 is 10.6 Å². The van der Waals surface area contributed by atoms with E-state index in [1.54, 1.807) is 12.3 Å². The number of anilines is 1. The van der Waals surface area contributed by atoms with Gasteiger partial charge in [0.05, 0.1) is 28.3 Å². The minimum Gasteiger partial charge on any atom is -0.341 e.